The molecule has 2 atom stereocenters. The first-order valence-corrected chi connectivity index (χ1v) is 11.2. The Morgan fingerprint density at radius 2 is 1.71 bits per heavy atom. The average Bonchev–Trinajstić information content (AvgIpc) is 2.99. The van der Waals surface area contributed by atoms with Gasteiger partial charge in [0.15, 0.2) is 0 Å². The number of hydrogen-bond donors (Lipinski definition) is 1. The maximum Gasteiger partial charge on any atom is 0.253 e. The van der Waals surface area contributed by atoms with Crippen LogP contribution in [-0.2, 0) is 0 Å². The number of thioether (sulfide) groups is 2. The van der Waals surface area contributed by atoms with Crippen molar-refractivity contribution in [2.24, 2.45) is 0 Å². The summed E-state index contributed by atoms with van der Waals surface area (Å²) in [7, 11) is 1.98. The smallest absolute Gasteiger partial charge is 0.253 e. The summed E-state index contributed by atoms with van der Waals surface area (Å²) < 4.78 is 0.542. The first-order valence-electron chi connectivity index (χ1n) is 9.07. The maximum absolute atomic E-state index is 12.9. The Labute approximate surface area is 153 Å². The number of nitrogens with zero attached hydrogens (tertiary/aromatic N) is 1. The van der Waals surface area contributed by atoms with Crippen LogP contribution in [0.2, 0.25) is 0 Å². The lowest BCUT2D eigenvalue weighted by molar-refractivity contribution is 0.0681. The summed E-state index contributed by atoms with van der Waals surface area (Å²) in [6, 6.07) is 9.99. The fourth-order valence-corrected chi connectivity index (χ4v) is 7.07. The third-order valence-electron chi connectivity index (χ3n) is 5.57. The van der Waals surface area contributed by atoms with E-state index in [4.69, 9.17) is 0 Å². The Morgan fingerprint density at radius 1 is 1.08 bits per heavy atom. The molecular weight excluding hydrogens is 336 g/mol. The monoisotopic (exact) mass is 362 g/mol. The normalized spacial score (nSPS) is 30.3. The van der Waals surface area contributed by atoms with E-state index in [1.165, 1.54) is 36.3 Å². The van der Waals surface area contributed by atoms with E-state index in [1.807, 2.05) is 47.6 Å². The highest BCUT2D eigenvalue weighted by Crippen LogP contribution is 2.43. The van der Waals surface area contributed by atoms with Crippen molar-refractivity contribution in [3.05, 3.63) is 35.4 Å². The summed E-state index contributed by atoms with van der Waals surface area (Å²) in [6.45, 7) is 0. The Balaban J connectivity index is 1.42. The highest BCUT2D eigenvalue weighted by molar-refractivity contribution is 8.16. The lowest BCUT2D eigenvalue weighted by Gasteiger charge is -2.35. The van der Waals surface area contributed by atoms with Crippen molar-refractivity contribution in [3.8, 4) is 0 Å². The zero-order valence-electron chi connectivity index (χ0n) is 14.2. The molecule has 0 saturated carbocycles. The second-order valence-corrected chi connectivity index (χ2v) is 9.95. The number of piperidine rings is 1. The van der Waals surface area contributed by atoms with E-state index in [0.29, 0.717) is 22.7 Å². The Kier molecular flexibility index (Phi) is 5.11. The molecule has 1 aromatic carbocycles. The van der Waals surface area contributed by atoms with Gasteiger partial charge in [-0.05, 0) is 61.3 Å². The Bertz CT molecular complexity index is 574. The van der Waals surface area contributed by atoms with Crippen molar-refractivity contribution in [1.29, 1.82) is 0 Å². The van der Waals surface area contributed by atoms with E-state index in [9.17, 15) is 4.79 Å². The molecule has 2 bridgehead atoms. The van der Waals surface area contributed by atoms with Gasteiger partial charge in [0.05, 0.1) is 4.58 Å². The van der Waals surface area contributed by atoms with E-state index >= 15 is 0 Å². The minimum atomic E-state index is 0.178. The zero-order chi connectivity index (χ0) is 16.5. The van der Waals surface area contributed by atoms with Gasteiger partial charge < -0.3 is 10.2 Å². The van der Waals surface area contributed by atoms with Crippen molar-refractivity contribution >= 4 is 29.4 Å². The van der Waals surface area contributed by atoms with Gasteiger partial charge in [-0.25, -0.2) is 0 Å². The number of carbonyl (C=O) groups is 1. The van der Waals surface area contributed by atoms with Crippen molar-refractivity contribution in [2.45, 2.75) is 54.8 Å². The zero-order valence-corrected chi connectivity index (χ0v) is 15.9. The van der Waals surface area contributed by atoms with Crippen LogP contribution in [0.3, 0.4) is 0 Å². The second kappa shape index (κ2) is 7.30. The molecule has 0 spiro atoms. The molecule has 24 heavy (non-hydrogen) atoms. The summed E-state index contributed by atoms with van der Waals surface area (Å²) in [4.78, 5) is 14.9. The molecule has 0 radical (unpaired) electrons. The van der Waals surface area contributed by atoms with Gasteiger partial charge in [-0.1, -0.05) is 12.1 Å². The third kappa shape index (κ3) is 3.49. The van der Waals surface area contributed by atoms with E-state index < -0.39 is 0 Å². The highest BCUT2D eigenvalue weighted by atomic mass is 32.2. The molecule has 0 aromatic heterocycles. The summed E-state index contributed by atoms with van der Waals surface area (Å²) in [5, 5.41) is 3.66. The SMILES string of the molecule is CN(C(=O)c1ccc(C2SCCCS2)cc1)C1CC2CCC(C1)N2. The molecule has 3 fully saturated rings. The number of rotatable bonds is 3. The highest BCUT2D eigenvalue weighted by Gasteiger charge is 2.36. The number of carbonyl (C=O) groups excluding carboxylic acids is 1. The minimum absolute atomic E-state index is 0.178. The van der Waals surface area contributed by atoms with Crippen LogP contribution in [0.4, 0.5) is 0 Å². The van der Waals surface area contributed by atoms with Crippen molar-refractivity contribution in [2.75, 3.05) is 18.6 Å². The predicted molar refractivity (Wildman–Crippen MR) is 104 cm³/mol. The number of nitrogens with one attached hydrogen (secondary N) is 1. The molecule has 3 aliphatic rings. The van der Waals surface area contributed by atoms with Crippen molar-refractivity contribution in [1.82, 2.24) is 10.2 Å². The molecule has 1 N–H and O–H groups in total. The molecule has 1 aromatic rings. The van der Waals surface area contributed by atoms with Gasteiger partial charge in [0.25, 0.3) is 5.91 Å². The van der Waals surface area contributed by atoms with Crippen LogP contribution in [-0.4, -0.2) is 47.5 Å². The van der Waals surface area contributed by atoms with Crippen LogP contribution in [0.5, 0.6) is 0 Å². The van der Waals surface area contributed by atoms with E-state index in [1.54, 1.807) is 0 Å². The van der Waals surface area contributed by atoms with Gasteiger partial charge in [0, 0.05) is 30.7 Å². The standard InChI is InChI=1S/C19H26N2OS2/c1-21(17-11-15-7-8-16(12-17)20-15)18(22)13-3-5-14(6-4-13)19-23-9-2-10-24-19/h3-6,15-17,19-20H,2,7-12H2,1H3. The number of benzene rings is 1. The molecule has 1 amide bonds. The molecule has 130 valence electrons. The first-order chi connectivity index (χ1) is 11.7. The lowest BCUT2D eigenvalue weighted by atomic mass is 9.98. The van der Waals surface area contributed by atoms with Gasteiger partial charge in [0.1, 0.15) is 0 Å². The fraction of sp³-hybridized carbons (Fsp3) is 0.632. The summed E-state index contributed by atoms with van der Waals surface area (Å²) >= 11 is 4.06. The molecule has 2 unspecified atom stereocenters. The number of hydrogen-bond acceptors (Lipinski definition) is 4. The molecule has 4 rings (SSSR count). The molecule has 3 nitrogen and oxygen atoms in total. The minimum Gasteiger partial charge on any atom is -0.339 e. The van der Waals surface area contributed by atoms with E-state index in [-0.39, 0.29) is 5.91 Å². The fourth-order valence-electron chi connectivity index (χ4n) is 4.18. The largest absolute Gasteiger partial charge is 0.339 e. The van der Waals surface area contributed by atoms with Crippen LogP contribution < -0.4 is 5.32 Å². The van der Waals surface area contributed by atoms with Gasteiger partial charge in [-0.3, -0.25) is 4.79 Å². The molecule has 3 saturated heterocycles. The lowest BCUT2D eigenvalue weighted by Crippen LogP contribution is -2.48. The van der Waals surface area contributed by atoms with Crippen LogP contribution >= 0.6 is 23.5 Å². The van der Waals surface area contributed by atoms with Crippen LogP contribution in [0.25, 0.3) is 0 Å². The molecule has 0 aliphatic carbocycles. The van der Waals surface area contributed by atoms with E-state index in [2.05, 4.69) is 17.4 Å². The molecule has 5 heteroatoms. The quantitative estimate of drug-likeness (QED) is 0.884. The molecular formula is C19H26N2OS2. The summed E-state index contributed by atoms with van der Waals surface area (Å²) in [6.07, 6.45) is 6.06. The van der Waals surface area contributed by atoms with Crippen molar-refractivity contribution < 1.29 is 4.79 Å². The third-order valence-corrected chi connectivity index (χ3v) is 8.59. The van der Waals surface area contributed by atoms with Crippen LogP contribution in [0.1, 0.15) is 52.6 Å². The first kappa shape index (κ1) is 16.8. The Hall–Kier alpha value is -0.650. The van der Waals surface area contributed by atoms with Gasteiger partial charge >= 0.3 is 0 Å². The maximum atomic E-state index is 12.9. The van der Waals surface area contributed by atoms with E-state index in [0.717, 1.165) is 18.4 Å². The predicted octanol–water partition coefficient (Wildman–Crippen LogP) is 3.91. The van der Waals surface area contributed by atoms with Crippen molar-refractivity contribution in [3.63, 3.8) is 0 Å². The second-order valence-electron chi connectivity index (χ2n) is 7.23. The average molecular weight is 363 g/mol. The van der Waals surface area contributed by atoms with Crippen LogP contribution in [0, 0.1) is 0 Å². The number of fused-ring (bicyclic) bond motifs is 2. The molecule has 3 aliphatic heterocycles. The molecule has 3 heterocycles. The summed E-state index contributed by atoms with van der Waals surface area (Å²) in [5.74, 6) is 2.68. The van der Waals surface area contributed by atoms with Gasteiger partial charge in [-0.15, -0.1) is 23.5 Å². The van der Waals surface area contributed by atoms with Crippen LogP contribution in [0.15, 0.2) is 24.3 Å². The summed E-state index contributed by atoms with van der Waals surface area (Å²) in [5.41, 5.74) is 2.18. The Morgan fingerprint density at radius 3 is 2.33 bits per heavy atom. The number of amides is 1. The van der Waals surface area contributed by atoms with Gasteiger partial charge in [0.2, 0.25) is 0 Å². The van der Waals surface area contributed by atoms with Gasteiger partial charge in [-0.2, -0.15) is 0 Å². The topological polar surface area (TPSA) is 32.3 Å².